The Morgan fingerprint density at radius 3 is 2.50 bits per heavy atom. The summed E-state index contributed by atoms with van der Waals surface area (Å²) in [5.74, 6) is -0.193. The first kappa shape index (κ1) is 11.5. The van der Waals surface area contributed by atoms with Gasteiger partial charge in [0, 0.05) is 5.92 Å². The summed E-state index contributed by atoms with van der Waals surface area (Å²) >= 11 is 0. The molecule has 0 saturated carbocycles. The van der Waals surface area contributed by atoms with Crippen LogP contribution >= 0.6 is 0 Å². The highest BCUT2D eigenvalue weighted by atomic mass is 16.3. The van der Waals surface area contributed by atoms with Gasteiger partial charge in [0.1, 0.15) is 0 Å². The van der Waals surface area contributed by atoms with E-state index in [2.05, 4.69) is 30.4 Å². The summed E-state index contributed by atoms with van der Waals surface area (Å²) in [6.45, 7) is -0.0387. The maximum atomic E-state index is 9.47. The molecule has 92 valence electrons. The van der Waals surface area contributed by atoms with Crippen LogP contribution in [0.5, 0.6) is 0 Å². The fraction of sp³-hybridized carbons (Fsp3) is 0.250. The Morgan fingerprint density at radius 1 is 1.06 bits per heavy atom. The van der Waals surface area contributed by atoms with Crippen molar-refractivity contribution >= 4 is 11.1 Å². The van der Waals surface area contributed by atoms with Crippen LogP contribution < -0.4 is 10.4 Å². The summed E-state index contributed by atoms with van der Waals surface area (Å²) in [6.07, 6.45) is 7.39. The molecule has 0 atom stereocenters. The second-order valence-corrected chi connectivity index (χ2v) is 4.69. The van der Waals surface area contributed by atoms with Crippen LogP contribution in [0.4, 0.5) is 0 Å². The van der Waals surface area contributed by atoms with Crippen molar-refractivity contribution < 1.29 is 10.2 Å². The van der Waals surface area contributed by atoms with E-state index in [0.717, 1.165) is 17.2 Å². The Balaban J connectivity index is 2.35. The minimum absolute atomic E-state index is 0.0193. The summed E-state index contributed by atoms with van der Waals surface area (Å²) in [4.78, 5) is 0. The van der Waals surface area contributed by atoms with Gasteiger partial charge >= 0.3 is 0 Å². The summed E-state index contributed by atoms with van der Waals surface area (Å²) in [5.41, 5.74) is 3.50. The van der Waals surface area contributed by atoms with Gasteiger partial charge in [0.25, 0.3) is 0 Å². The summed E-state index contributed by atoms with van der Waals surface area (Å²) in [5, 5.41) is 21.3. The normalized spacial score (nSPS) is 16.9. The quantitative estimate of drug-likeness (QED) is 0.807. The van der Waals surface area contributed by atoms with Gasteiger partial charge in [0.05, 0.1) is 13.2 Å². The van der Waals surface area contributed by atoms with E-state index in [9.17, 15) is 10.2 Å². The third-order valence-electron chi connectivity index (χ3n) is 3.68. The van der Waals surface area contributed by atoms with Crippen LogP contribution in [-0.2, 0) is 0 Å². The van der Waals surface area contributed by atoms with Crippen molar-refractivity contribution in [1.82, 2.24) is 0 Å². The summed E-state index contributed by atoms with van der Waals surface area (Å²) < 4.78 is 0. The maximum absolute atomic E-state index is 9.47. The van der Waals surface area contributed by atoms with E-state index in [4.69, 9.17) is 0 Å². The van der Waals surface area contributed by atoms with E-state index >= 15 is 0 Å². The van der Waals surface area contributed by atoms with E-state index in [1.807, 2.05) is 12.1 Å². The zero-order valence-electron chi connectivity index (χ0n) is 10.1. The van der Waals surface area contributed by atoms with Crippen molar-refractivity contribution in [1.29, 1.82) is 0 Å². The molecule has 0 aromatic heterocycles. The highest BCUT2D eigenvalue weighted by Gasteiger charge is 2.24. The Hall–Kier alpha value is -1.64. The van der Waals surface area contributed by atoms with Gasteiger partial charge < -0.3 is 10.2 Å². The lowest BCUT2D eigenvalue weighted by Gasteiger charge is -2.18. The van der Waals surface area contributed by atoms with Crippen LogP contribution in [0.2, 0.25) is 0 Å². The van der Waals surface area contributed by atoms with Crippen LogP contribution in [0.25, 0.3) is 11.1 Å². The fourth-order valence-electron chi connectivity index (χ4n) is 2.84. The van der Waals surface area contributed by atoms with Crippen LogP contribution in [0, 0.1) is 5.92 Å². The lowest BCUT2D eigenvalue weighted by Crippen LogP contribution is -2.27. The van der Waals surface area contributed by atoms with E-state index in [-0.39, 0.29) is 19.1 Å². The molecule has 18 heavy (non-hydrogen) atoms. The standard InChI is InChI=1S/C16H16O2/c17-9-11(10-18)16-14-7-3-1-5-12(14)13-6-2-4-8-15(13)16/h1-3,5-8,11,17-18H,4,9-10H2. The average Bonchev–Trinajstić information content (AvgIpc) is 2.76. The number of hydrogen-bond donors (Lipinski definition) is 2. The second-order valence-electron chi connectivity index (χ2n) is 4.69. The molecule has 2 nitrogen and oxygen atoms in total. The Labute approximate surface area is 106 Å². The van der Waals surface area contributed by atoms with Crippen LogP contribution in [0.3, 0.4) is 0 Å². The van der Waals surface area contributed by atoms with Crippen molar-refractivity contribution in [3.8, 4) is 0 Å². The largest absolute Gasteiger partial charge is 0.396 e. The van der Waals surface area contributed by atoms with Crippen molar-refractivity contribution in [3.63, 3.8) is 0 Å². The predicted molar refractivity (Wildman–Crippen MR) is 72.0 cm³/mol. The molecule has 2 heteroatoms. The molecule has 2 aliphatic rings. The molecular weight excluding hydrogens is 224 g/mol. The molecule has 2 N–H and O–H groups in total. The van der Waals surface area contributed by atoms with E-state index in [1.54, 1.807) is 0 Å². The molecule has 0 unspecified atom stereocenters. The lowest BCUT2D eigenvalue weighted by molar-refractivity contribution is 0.183. The summed E-state index contributed by atoms with van der Waals surface area (Å²) in [6, 6.07) is 8.21. The van der Waals surface area contributed by atoms with Gasteiger partial charge in [-0.05, 0) is 33.6 Å². The van der Waals surface area contributed by atoms with Crippen molar-refractivity contribution in [2.24, 2.45) is 5.92 Å². The molecule has 0 heterocycles. The zero-order valence-corrected chi connectivity index (χ0v) is 10.1. The van der Waals surface area contributed by atoms with Crippen molar-refractivity contribution in [2.45, 2.75) is 6.42 Å². The second kappa shape index (κ2) is 4.56. The van der Waals surface area contributed by atoms with Gasteiger partial charge in [-0.3, -0.25) is 0 Å². The Morgan fingerprint density at radius 2 is 1.78 bits per heavy atom. The van der Waals surface area contributed by atoms with Crippen LogP contribution in [0.1, 0.15) is 6.42 Å². The highest BCUT2D eigenvalue weighted by molar-refractivity contribution is 5.94. The molecule has 0 bridgehead atoms. The zero-order chi connectivity index (χ0) is 12.5. The number of hydrogen-bond acceptors (Lipinski definition) is 2. The molecule has 0 amide bonds. The van der Waals surface area contributed by atoms with Gasteiger partial charge in [-0.1, -0.05) is 42.5 Å². The molecule has 0 aliphatic heterocycles. The smallest absolute Gasteiger partial charge is 0.0522 e. The van der Waals surface area contributed by atoms with Gasteiger partial charge in [-0.25, -0.2) is 0 Å². The monoisotopic (exact) mass is 240 g/mol. The molecule has 0 fully saturated rings. The number of fused-ring (bicyclic) bond motifs is 2. The first-order chi connectivity index (χ1) is 8.86. The lowest BCUT2D eigenvalue weighted by atomic mass is 9.89. The molecule has 0 spiro atoms. The average molecular weight is 240 g/mol. The molecule has 1 aromatic rings. The molecule has 0 radical (unpaired) electrons. The molecule has 0 saturated heterocycles. The maximum Gasteiger partial charge on any atom is 0.0522 e. The number of aliphatic hydroxyl groups is 2. The Bertz CT molecular complexity index is 646. The minimum atomic E-state index is -0.193. The molecule has 2 aliphatic carbocycles. The molecule has 1 aromatic carbocycles. The van der Waals surface area contributed by atoms with Gasteiger partial charge in [0.2, 0.25) is 0 Å². The highest BCUT2D eigenvalue weighted by Crippen LogP contribution is 2.32. The minimum Gasteiger partial charge on any atom is -0.396 e. The van der Waals surface area contributed by atoms with Crippen LogP contribution in [0.15, 0.2) is 48.1 Å². The van der Waals surface area contributed by atoms with Gasteiger partial charge in [0.15, 0.2) is 0 Å². The van der Waals surface area contributed by atoms with E-state index in [1.165, 1.54) is 16.4 Å². The van der Waals surface area contributed by atoms with Gasteiger partial charge in [-0.2, -0.15) is 0 Å². The third-order valence-corrected chi connectivity index (χ3v) is 3.68. The fourth-order valence-corrected chi connectivity index (χ4v) is 2.84. The number of allylic oxidation sites excluding steroid dienone is 4. The first-order valence-corrected chi connectivity index (χ1v) is 6.29. The van der Waals surface area contributed by atoms with E-state index < -0.39 is 0 Å². The van der Waals surface area contributed by atoms with Crippen molar-refractivity contribution in [2.75, 3.05) is 13.2 Å². The van der Waals surface area contributed by atoms with Crippen LogP contribution in [-0.4, -0.2) is 23.4 Å². The molecular formula is C16H16O2. The first-order valence-electron chi connectivity index (χ1n) is 6.29. The topological polar surface area (TPSA) is 40.5 Å². The SMILES string of the molecule is OCC(CO)C1=c2ccccc2=C2C=CCC=C21. The number of benzene rings is 1. The van der Waals surface area contributed by atoms with Gasteiger partial charge in [-0.15, -0.1) is 0 Å². The number of aliphatic hydroxyl groups excluding tert-OH is 2. The third kappa shape index (κ3) is 1.57. The molecule has 3 rings (SSSR count). The van der Waals surface area contributed by atoms with E-state index in [0.29, 0.717) is 0 Å². The van der Waals surface area contributed by atoms with Crippen molar-refractivity contribution in [3.05, 3.63) is 58.5 Å². The predicted octanol–water partition coefficient (Wildman–Crippen LogP) is 0.489. The summed E-state index contributed by atoms with van der Waals surface area (Å²) in [7, 11) is 0. The number of rotatable bonds is 3. The Kier molecular flexibility index (Phi) is 2.90.